The summed E-state index contributed by atoms with van der Waals surface area (Å²) in [6.07, 6.45) is 1.08. The summed E-state index contributed by atoms with van der Waals surface area (Å²) >= 11 is 0. The minimum absolute atomic E-state index is 0.0929. The molecule has 4 aromatic carbocycles. The number of hydrogen-bond acceptors (Lipinski definition) is 6. The number of ether oxygens (including phenoxy) is 3. The SMILES string of the molecule is CCc1c(OCCCOc2cccc(Oc3ccc(C(=O)O)cc3)c2CCC(=O)O)ccc(-c2ccc(F)cc2)c1O. The Morgan fingerprint density at radius 2 is 1.43 bits per heavy atom. The standard InChI is InChI=1S/C33H31FO8/c1-2-25-29(17-15-26(32(25)37)21-7-11-23(34)12-8-21)41-20-4-19-40-28-5-3-6-30(27(28)16-18-31(35)36)42-24-13-9-22(10-14-24)33(38)39/h3,5-15,17,37H,2,4,16,18-20H2,1H3,(H,35,36)(H,38,39). The molecule has 0 amide bonds. The predicted octanol–water partition coefficient (Wildman–Crippen LogP) is 7.12. The van der Waals surface area contributed by atoms with E-state index in [4.69, 9.17) is 19.3 Å². The van der Waals surface area contributed by atoms with Gasteiger partial charge >= 0.3 is 11.9 Å². The number of hydrogen-bond donors (Lipinski definition) is 3. The minimum atomic E-state index is -1.05. The van der Waals surface area contributed by atoms with Crippen molar-refractivity contribution in [3.63, 3.8) is 0 Å². The van der Waals surface area contributed by atoms with Gasteiger partial charge in [-0.05, 0) is 79.1 Å². The van der Waals surface area contributed by atoms with Crippen LogP contribution in [0.2, 0.25) is 0 Å². The van der Waals surface area contributed by atoms with E-state index >= 15 is 0 Å². The Balaban J connectivity index is 1.40. The number of carboxylic acid groups (broad SMARTS) is 2. The number of phenols is 1. The van der Waals surface area contributed by atoms with Gasteiger partial charge in [0.2, 0.25) is 0 Å². The molecular weight excluding hydrogens is 543 g/mol. The van der Waals surface area contributed by atoms with Gasteiger partial charge in [0.1, 0.15) is 34.6 Å². The Labute approximate surface area is 242 Å². The lowest BCUT2D eigenvalue weighted by Crippen LogP contribution is -2.08. The molecule has 0 aromatic heterocycles. The van der Waals surface area contributed by atoms with Gasteiger partial charge in [0, 0.05) is 29.5 Å². The lowest BCUT2D eigenvalue weighted by molar-refractivity contribution is -0.136. The maximum Gasteiger partial charge on any atom is 0.335 e. The van der Waals surface area contributed by atoms with Crippen LogP contribution in [-0.2, 0) is 17.6 Å². The zero-order valence-electron chi connectivity index (χ0n) is 23.0. The van der Waals surface area contributed by atoms with Crippen molar-refractivity contribution < 1.29 is 43.5 Å². The molecule has 9 heteroatoms. The van der Waals surface area contributed by atoms with Crippen LogP contribution in [0.25, 0.3) is 11.1 Å². The van der Waals surface area contributed by atoms with Crippen LogP contribution in [0, 0.1) is 5.82 Å². The van der Waals surface area contributed by atoms with Crippen molar-refractivity contribution in [2.45, 2.75) is 32.6 Å². The fraction of sp³-hybridized carbons (Fsp3) is 0.212. The summed E-state index contributed by atoms with van der Waals surface area (Å²) in [5.74, 6) is -0.422. The predicted molar refractivity (Wildman–Crippen MR) is 154 cm³/mol. The summed E-state index contributed by atoms with van der Waals surface area (Å²) < 4.78 is 31.2. The van der Waals surface area contributed by atoms with Crippen molar-refractivity contribution >= 4 is 11.9 Å². The molecule has 42 heavy (non-hydrogen) atoms. The van der Waals surface area contributed by atoms with Gasteiger partial charge in [-0.25, -0.2) is 9.18 Å². The lowest BCUT2D eigenvalue weighted by atomic mass is 9.99. The molecule has 0 spiro atoms. The average molecular weight is 575 g/mol. The number of aromatic carboxylic acids is 1. The summed E-state index contributed by atoms with van der Waals surface area (Å²) in [5, 5.41) is 29.2. The second kappa shape index (κ2) is 14.0. The van der Waals surface area contributed by atoms with Crippen LogP contribution in [0.3, 0.4) is 0 Å². The molecule has 0 radical (unpaired) electrons. The molecular formula is C33H31FO8. The maximum atomic E-state index is 13.3. The Morgan fingerprint density at radius 1 is 0.786 bits per heavy atom. The second-order valence-electron chi connectivity index (χ2n) is 9.41. The quantitative estimate of drug-likeness (QED) is 0.136. The van der Waals surface area contributed by atoms with Gasteiger partial charge in [-0.1, -0.05) is 25.1 Å². The minimum Gasteiger partial charge on any atom is -0.507 e. The van der Waals surface area contributed by atoms with Gasteiger partial charge in [-0.3, -0.25) is 4.79 Å². The number of carboxylic acids is 2. The Morgan fingerprint density at radius 3 is 2.05 bits per heavy atom. The molecule has 0 fully saturated rings. The van der Waals surface area contributed by atoms with Crippen LogP contribution in [0.15, 0.2) is 78.9 Å². The van der Waals surface area contributed by atoms with Gasteiger partial charge in [-0.15, -0.1) is 0 Å². The zero-order chi connectivity index (χ0) is 30.1. The van der Waals surface area contributed by atoms with E-state index < -0.39 is 11.9 Å². The van der Waals surface area contributed by atoms with Gasteiger partial charge in [0.15, 0.2) is 0 Å². The van der Waals surface area contributed by atoms with Gasteiger partial charge in [0.05, 0.1) is 18.8 Å². The second-order valence-corrected chi connectivity index (χ2v) is 9.41. The number of aromatic hydroxyl groups is 1. The first-order chi connectivity index (χ1) is 20.3. The van der Waals surface area contributed by atoms with E-state index in [2.05, 4.69) is 0 Å². The number of benzene rings is 4. The number of halogens is 1. The van der Waals surface area contributed by atoms with Crippen molar-refractivity contribution in [1.29, 1.82) is 0 Å². The van der Waals surface area contributed by atoms with E-state index in [1.807, 2.05) is 6.92 Å². The molecule has 0 heterocycles. The summed E-state index contributed by atoms with van der Waals surface area (Å²) in [7, 11) is 0. The first-order valence-corrected chi connectivity index (χ1v) is 13.5. The molecule has 4 rings (SSSR count). The molecule has 0 saturated carbocycles. The van der Waals surface area contributed by atoms with Crippen LogP contribution in [0.4, 0.5) is 4.39 Å². The topological polar surface area (TPSA) is 123 Å². The Hall–Kier alpha value is -5.05. The molecule has 0 aliphatic rings. The number of phenolic OH excluding ortho intramolecular Hbond substituents is 1. The van der Waals surface area contributed by atoms with Crippen molar-refractivity contribution in [3.05, 3.63) is 101 Å². The highest BCUT2D eigenvalue weighted by atomic mass is 19.1. The van der Waals surface area contributed by atoms with E-state index in [-0.39, 0.29) is 36.6 Å². The fourth-order valence-electron chi connectivity index (χ4n) is 4.43. The van der Waals surface area contributed by atoms with E-state index in [1.54, 1.807) is 42.5 Å². The molecule has 0 unspecified atom stereocenters. The smallest absolute Gasteiger partial charge is 0.335 e. The monoisotopic (exact) mass is 574 g/mol. The third kappa shape index (κ3) is 7.57. The third-order valence-corrected chi connectivity index (χ3v) is 6.56. The third-order valence-electron chi connectivity index (χ3n) is 6.56. The average Bonchev–Trinajstić information content (AvgIpc) is 2.97. The summed E-state index contributed by atoms with van der Waals surface area (Å²) in [6.45, 7) is 2.49. The molecule has 0 aliphatic heterocycles. The van der Waals surface area contributed by atoms with Crippen LogP contribution in [0.5, 0.6) is 28.7 Å². The molecule has 0 bridgehead atoms. The molecule has 8 nitrogen and oxygen atoms in total. The van der Waals surface area contributed by atoms with Gasteiger partial charge < -0.3 is 29.5 Å². The normalized spacial score (nSPS) is 10.7. The highest BCUT2D eigenvalue weighted by Gasteiger charge is 2.16. The molecule has 4 aromatic rings. The van der Waals surface area contributed by atoms with E-state index in [0.717, 1.165) is 0 Å². The van der Waals surface area contributed by atoms with Crippen LogP contribution in [-0.4, -0.2) is 40.5 Å². The maximum absolute atomic E-state index is 13.3. The van der Waals surface area contributed by atoms with Crippen LogP contribution in [0.1, 0.15) is 41.3 Å². The molecule has 0 aliphatic carbocycles. The molecule has 0 atom stereocenters. The van der Waals surface area contributed by atoms with Crippen LogP contribution < -0.4 is 14.2 Å². The first kappa shape index (κ1) is 29.9. The first-order valence-electron chi connectivity index (χ1n) is 13.5. The summed E-state index contributed by atoms with van der Waals surface area (Å²) in [5.41, 5.74) is 2.65. The highest BCUT2D eigenvalue weighted by Crippen LogP contribution is 2.38. The van der Waals surface area contributed by atoms with Crippen LogP contribution >= 0.6 is 0 Å². The number of carbonyl (C=O) groups is 2. The zero-order valence-corrected chi connectivity index (χ0v) is 23.0. The van der Waals surface area contributed by atoms with Crippen molar-refractivity contribution in [2.24, 2.45) is 0 Å². The lowest BCUT2D eigenvalue weighted by Gasteiger charge is -2.17. The Kier molecular flexibility index (Phi) is 9.99. The van der Waals surface area contributed by atoms with E-state index in [9.17, 15) is 24.2 Å². The number of aliphatic carboxylic acids is 1. The van der Waals surface area contributed by atoms with Crippen molar-refractivity contribution in [1.82, 2.24) is 0 Å². The van der Waals surface area contributed by atoms with E-state index in [0.29, 0.717) is 64.7 Å². The number of rotatable bonds is 14. The highest BCUT2D eigenvalue weighted by molar-refractivity contribution is 5.87. The van der Waals surface area contributed by atoms with Crippen molar-refractivity contribution in [3.8, 4) is 39.9 Å². The molecule has 3 N–H and O–H groups in total. The van der Waals surface area contributed by atoms with Crippen molar-refractivity contribution in [2.75, 3.05) is 13.2 Å². The van der Waals surface area contributed by atoms with E-state index in [1.165, 1.54) is 36.4 Å². The molecule has 0 saturated heterocycles. The van der Waals surface area contributed by atoms with Gasteiger partial charge in [0.25, 0.3) is 0 Å². The van der Waals surface area contributed by atoms with Gasteiger partial charge in [-0.2, -0.15) is 0 Å². The largest absolute Gasteiger partial charge is 0.507 e. The fourth-order valence-corrected chi connectivity index (χ4v) is 4.43. The Bertz CT molecular complexity index is 1530. The molecule has 218 valence electrons. The summed E-state index contributed by atoms with van der Waals surface area (Å²) in [6, 6.07) is 20.5. The summed E-state index contributed by atoms with van der Waals surface area (Å²) in [4.78, 5) is 22.4.